The molecule has 0 unspecified atom stereocenters. The molecule has 118 valence electrons. The van der Waals surface area contributed by atoms with E-state index < -0.39 is 15.0 Å². The highest BCUT2D eigenvalue weighted by atomic mass is 35.7. The number of hydrogen-bond donors (Lipinski definition) is 1. The Morgan fingerprint density at radius 3 is 2.48 bits per heavy atom. The summed E-state index contributed by atoms with van der Waals surface area (Å²) in [5.41, 5.74) is 0.0693. The Morgan fingerprint density at radius 2 is 1.95 bits per heavy atom. The zero-order valence-electron chi connectivity index (χ0n) is 12.1. The highest BCUT2D eigenvalue weighted by molar-refractivity contribution is 8.13. The summed E-state index contributed by atoms with van der Waals surface area (Å²) in [4.78, 5) is 11.9. The van der Waals surface area contributed by atoms with Gasteiger partial charge in [-0.15, -0.1) is 0 Å². The molecule has 6 nitrogen and oxygen atoms in total. The second-order valence-corrected chi connectivity index (χ2v) is 8.08. The van der Waals surface area contributed by atoms with Crippen LogP contribution in [0.5, 0.6) is 0 Å². The monoisotopic (exact) mass is 334 g/mol. The minimum absolute atomic E-state index is 0.155. The lowest BCUT2D eigenvalue weighted by molar-refractivity contribution is 0.0200. The van der Waals surface area contributed by atoms with Gasteiger partial charge < -0.3 is 4.74 Å². The topological polar surface area (TPSA) is 89.1 Å². The maximum Gasteiger partial charge on any atom is 0.360 e. The summed E-state index contributed by atoms with van der Waals surface area (Å²) in [6.45, 7) is 3.57. The highest BCUT2D eigenvalue weighted by Crippen LogP contribution is 2.29. The van der Waals surface area contributed by atoms with Crippen molar-refractivity contribution in [1.29, 1.82) is 0 Å². The molecule has 0 radical (unpaired) electrons. The van der Waals surface area contributed by atoms with Crippen LogP contribution in [0.25, 0.3) is 0 Å². The molecule has 1 aromatic rings. The fourth-order valence-electron chi connectivity index (χ4n) is 2.51. The summed E-state index contributed by atoms with van der Waals surface area (Å²) in [5.74, 6) is -0.887. The van der Waals surface area contributed by atoms with Gasteiger partial charge in [0, 0.05) is 10.7 Å². The third-order valence-corrected chi connectivity index (χ3v) is 4.95. The molecular weight excluding hydrogens is 316 g/mol. The number of halogens is 1. The van der Waals surface area contributed by atoms with Crippen LogP contribution >= 0.6 is 10.7 Å². The molecule has 8 heteroatoms. The fraction of sp³-hybridized carbons (Fsp3) is 0.692. The van der Waals surface area contributed by atoms with Crippen LogP contribution in [-0.2, 0) is 13.8 Å². The van der Waals surface area contributed by atoms with Gasteiger partial charge >= 0.3 is 5.97 Å². The van der Waals surface area contributed by atoms with Crippen LogP contribution in [0.3, 0.4) is 0 Å². The molecule has 1 aromatic heterocycles. The molecule has 0 bridgehead atoms. The van der Waals surface area contributed by atoms with E-state index in [9.17, 15) is 13.2 Å². The van der Waals surface area contributed by atoms with Crippen molar-refractivity contribution in [2.24, 2.45) is 0 Å². The zero-order chi connectivity index (χ0) is 15.6. The Morgan fingerprint density at radius 1 is 1.33 bits per heavy atom. The summed E-state index contributed by atoms with van der Waals surface area (Å²) in [7, 11) is 1.37. The number of rotatable bonds is 4. The maximum atomic E-state index is 12.2. The second kappa shape index (κ2) is 6.36. The first-order valence-electron chi connectivity index (χ1n) is 7.04. The van der Waals surface area contributed by atoms with E-state index in [1.54, 1.807) is 13.8 Å². The molecule has 0 saturated heterocycles. The van der Waals surface area contributed by atoms with E-state index in [2.05, 4.69) is 10.2 Å². The summed E-state index contributed by atoms with van der Waals surface area (Å²) in [6, 6.07) is 0. The number of carbonyl (C=O) groups excluding carboxylic acids is 1. The number of H-pyrrole nitrogens is 1. The smallest absolute Gasteiger partial charge is 0.360 e. The summed E-state index contributed by atoms with van der Waals surface area (Å²) in [5, 5.41) is 6.39. The third kappa shape index (κ3) is 3.77. The maximum absolute atomic E-state index is 12.2. The van der Waals surface area contributed by atoms with Crippen molar-refractivity contribution >= 4 is 25.7 Å². The first-order chi connectivity index (χ1) is 9.80. The van der Waals surface area contributed by atoms with Gasteiger partial charge in [0.25, 0.3) is 9.05 Å². The lowest BCUT2D eigenvalue weighted by Crippen LogP contribution is -2.22. The van der Waals surface area contributed by atoms with Crippen LogP contribution in [0.1, 0.15) is 68.1 Å². The van der Waals surface area contributed by atoms with Gasteiger partial charge in [-0.25, -0.2) is 13.2 Å². The van der Waals surface area contributed by atoms with Gasteiger partial charge in [-0.1, -0.05) is 20.3 Å². The van der Waals surface area contributed by atoms with Crippen molar-refractivity contribution < 1.29 is 17.9 Å². The number of hydrogen-bond acceptors (Lipinski definition) is 5. The minimum Gasteiger partial charge on any atom is -0.458 e. The van der Waals surface area contributed by atoms with Crippen molar-refractivity contribution in [1.82, 2.24) is 10.2 Å². The number of esters is 1. The number of carbonyl (C=O) groups is 1. The molecule has 1 N–H and O–H groups in total. The largest absolute Gasteiger partial charge is 0.458 e. The van der Waals surface area contributed by atoms with Crippen molar-refractivity contribution in [3.63, 3.8) is 0 Å². The molecule has 0 aromatic carbocycles. The summed E-state index contributed by atoms with van der Waals surface area (Å²) < 4.78 is 28.8. The van der Waals surface area contributed by atoms with Crippen LogP contribution in [0, 0.1) is 0 Å². The van der Waals surface area contributed by atoms with Gasteiger partial charge in [0.2, 0.25) is 0 Å². The number of aromatic nitrogens is 2. The van der Waals surface area contributed by atoms with E-state index in [1.807, 2.05) is 0 Å². The lowest BCUT2D eigenvalue weighted by atomic mass is 9.98. The van der Waals surface area contributed by atoms with Crippen molar-refractivity contribution in [2.75, 3.05) is 0 Å². The van der Waals surface area contributed by atoms with E-state index >= 15 is 0 Å². The van der Waals surface area contributed by atoms with Gasteiger partial charge in [-0.3, -0.25) is 5.10 Å². The van der Waals surface area contributed by atoms with Gasteiger partial charge in [0.05, 0.1) is 5.69 Å². The van der Waals surface area contributed by atoms with Crippen molar-refractivity contribution in [2.45, 2.75) is 62.9 Å². The van der Waals surface area contributed by atoms with Gasteiger partial charge in [-0.2, -0.15) is 5.10 Å². The van der Waals surface area contributed by atoms with Crippen LogP contribution in [-0.4, -0.2) is 30.7 Å². The molecule has 1 fully saturated rings. The predicted octanol–water partition coefficient (Wildman–Crippen LogP) is 2.95. The van der Waals surface area contributed by atoms with Crippen molar-refractivity contribution in [3.05, 3.63) is 11.4 Å². The molecule has 0 atom stereocenters. The molecule has 1 aliphatic carbocycles. The van der Waals surface area contributed by atoms with Gasteiger partial charge in [-0.05, 0) is 31.6 Å². The first kappa shape index (κ1) is 16.3. The number of ether oxygens (including phenoxy) is 1. The molecular formula is C13H19ClN2O4S. The average Bonchev–Trinajstić information content (AvgIpc) is 2.84. The third-order valence-electron chi connectivity index (χ3n) is 3.59. The van der Waals surface area contributed by atoms with Crippen LogP contribution in [0.2, 0.25) is 0 Å². The number of aromatic amines is 1. The Bertz CT molecular complexity index is 618. The molecule has 0 aliphatic heterocycles. The fourth-order valence-corrected chi connectivity index (χ4v) is 3.88. The summed E-state index contributed by atoms with van der Waals surface area (Å²) >= 11 is 0. The second-order valence-electron chi connectivity index (χ2n) is 5.57. The van der Waals surface area contributed by atoms with Gasteiger partial charge in [0.1, 0.15) is 11.0 Å². The Balaban J connectivity index is 2.28. The SMILES string of the molecule is CC(C)c1[nH]nc(C(=O)OC2CCCCC2)c1S(=O)(=O)Cl. The molecule has 1 saturated carbocycles. The molecule has 0 amide bonds. The average molecular weight is 335 g/mol. The van der Waals surface area contributed by atoms with E-state index in [0.717, 1.165) is 32.1 Å². The molecule has 2 rings (SSSR count). The van der Waals surface area contributed by atoms with E-state index in [1.165, 1.54) is 0 Å². The predicted molar refractivity (Wildman–Crippen MR) is 78.0 cm³/mol. The minimum atomic E-state index is -4.07. The number of nitrogens with one attached hydrogen (secondary N) is 1. The van der Waals surface area contributed by atoms with E-state index in [0.29, 0.717) is 5.69 Å². The quantitative estimate of drug-likeness (QED) is 0.675. The molecule has 1 aliphatic rings. The molecule has 21 heavy (non-hydrogen) atoms. The molecule has 0 spiro atoms. The van der Waals surface area contributed by atoms with E-state index in [-0.39, 0.29) is 22.6 Å². The standard InChI is InChI=1S/C13H19ClN2O4S/c1-8(2)10-12(21(14,18)19)11(16-15-10)13(17)20-9-6-4-3-5-7-9/h8-9H,3-7H2,1-2H3,(H,15,16). The zero-order valence-corrected chi connectivity index (χ0v) is 13.6. The number of nitrogens with zero attached hydrogens (tertiary/aromatic N) is 1. The lowest BCUT2D eigenvalue weighted by Gasteiger charge is -2.21. The van der Waals surface area contributed by atoms with Crippen molar-refractivity contribution in [3.8, 4) is 0 Å². The normalized spacial score (nSPS) is 17.1. The summed E-state index contributed by atoms with van der Waals surface area (Å²) in [6.07, 6.45) is 4.59. The van der Waals surface area contributed by atoms with Crippen LogP contribution < -0.4 is 0 Å². The molecule has 1 heterocycles. The van der Waals surface area contributed by atoms with E-state index in [4.69, 9.17) is 15.4 Å². The highest BCUT2D eigenvalue weighted by Gasteiger charge is 2.32. The Hall–Kier alpha value is -1.08. The van der Waals surface area contributed by atoms with Crippen LogP contribution in [0.15, 0.2) is 4.90 Å². The Kier molecular flexibility index (Phi) is 4.93. The first-order valence-corrected chi connectivity index (χ1v) is 9.35. The Labute approximate surface area is 128 Å². The van der Waals surface area contributed by atoms with Crippen LogP contribution in [0.4, 0.5) is 0 Å². The van der Waals surface area contributed by atoms with Gasteiger partial charge in [0.15, 0.2) is 5.69 Å².